The van der Waals surface area contributed by atoms with Gasteiger partial charge >= 0.3 is 0 Å². The average Bonchev–Trinajstić information content (AvgIpc) is 2.80. The van der Waals surface area contributed by atoms with Gasteiger partial charge in [-0.3, -0.25) is 19.7 Å². The highest BCUT2D eigenvalue weighted by molar-refractivity contribution is 6.09. The van der Waals surface area contributed by atoms with E-state index in [0.29, 0.717) is 16.9 Å². The van der Waals surface area contributed by atoms with Gasteiger partial charge in [-0.2, -0.15) is 0 Å². The molecular weight excluding hydrogens is 394 g/mol. The molecule has 0 atom stereocenters. The molecule has 0 unspecified atom stereocenters. The number of nitro groups is 1. The molecular formula is C24H17N3O4. The van der Waals surface area contributed by atoms with Crippen molar-refractivity contribution in [2.24, 2.45) is 0 Å². The maximum atomic E-state index is 12.7. The van der Waals surface area contributed by atoms with Crippen LogP contribution in [-0.2, 0) is 0 Å². The van der Waals surface area contributed by atoms with Gasteiger partial charge in [-0.1, -0.05) is 42.5 Å². The molecule has 2 amide bonds. The number of benzene rings is 4. The summed E-state index contributed by atoms with van der Waals surface area (Å²) in [6.45, 7) is 0. The van der Waals surface area contributed by atoms with E-state index in [4.69, 9.17) is 0 Å². The Balaban J connectivity index is 1.46. The number of anilines is 2. The summed E-state index contributed by atoms with van der Waals surface area (Å²) in [6, 6.07) is 25.4. The normalized spacial score (nSPS) is 10.5. The standard InChI is InChI=1S/C24H17N3O4/c28-23(26-22-10-4-6-16-5-1-2-9-21(16)22)17-11-13-19(14-12-17)25-24(29)18-7-3-8-20(15-18)27(30)31/h1-15H,(H,25,29)(H,26,28). The predicted molar refractivity (Wildman–Crippen MR) is 119 cm³/mol. The van der Waals surface area contributed by atoms with E-state index in [1.807, 2.05) is 42.5 Å². The van der Waals surface area contributed by atoms with Crippen molar-refractivity contribution in [1.82, 2.24) is 0 Å². The van der Waals surface area contributed by atoms with Gasteiger partial charge in [0, 0.05) is 40.0 Å². The molecule has 4 rings (SSSR count). The fraction of sp³-hybridized carbons (Fsp3) is 0. The largest absolute Gasteiger partial charge is 0.322 e. The number of hydrogen-bond acceptors (Lipinski definition) is 4. The number of nitrogens with zero attached hydrogens (tertiary/aromatic N) is 1. The van der Waals surface area contributed by atoms with E-state index < -0.39 is 10.8 Å². The molecule has 0 radical (unpaired) electrons. The molecule has 0 heterocycles. The summed E-state index contributed by atoms with van der Waals surface area (Å²) < 4.78 is 0. The van der Waals surface area contributed by atoms with Crippen LogP contribution in [0.25, 0.3) is 10.8 Å². The van der Waals surface area contributed by atoms with E-state index in [0.717, 1.165) is 10.8 Å². The molecule has 7 heteroatoms. The van der Waals surface area contributed by atoms with Crippen LogP contribution in [0.2, 0.25) is 0 Å². The molecule has 0 aliphatic carbocycles. The summed E-state index contributed by atoms with van der Waals surface area (Å²) in [4.78, 5) is 35.3. The van der Waals surface area contributed by atoms with Gasteiger partial charge < -0.3 is 10.6 Å². The summed E-state index contributed by atoms with van der Waals surface area (Å²) in [6.07, 6.45) is 0. The van der Waals surface area contributed by atoms with E-state index in [1.54, 1.807) is 24.3 Å². The van der Waals surface area contributed by atoms with Gasteiger partial charge in [-0.25, -0.2) is 0 Å². The third kappa shape index (κ3) is 4.40. The highest BCUT2D eigenvalue weighted by atomic mass is 16.6. The maximum absolute atomic E-state index is 12.7. The smallest absolute Gasteiger partial charge is 0.270 e. The first kappa shape index (κ1) is 19.8. The molecule has 0 aliphatic rings. The molecule has 31 heavy (non-hydrogen) atoms. The topological polar surface area (TPSA) is 101 Å². The van der Waals surface area contributed by atoms with Gasteiger partial charge in [-0.15, -0.1) is 0 Å². The van der Waals surface area contributed by atoms with Crippen LogP contribution in [0.1, 0.15) is 20.7 Å². The fourth-order valence-electron chi connectivity index (χ4n) is 3.20. The lowest BCUT2D eigenvalue weighted by Gasteiger charge is -2.10. The molecule has 4 aromatic rings. The van der Waals surface area contributed by atoms with E-state index >= 15 is 0 Å². The number of amides is 2. The molecule has 0 saturated carbocycles. The minimum Gasteiger partial charge on any atom is -0.322 e. The highest BCUT2D eigenvalue weighted by Crippen LogP contribution is 2.24. The van der Waals surface area contributed by atoms with Crippen LogP contribution < -0.4 is 10.6 Å². The summed E-state index contributed by atoms with van der Waals surface area (Å²) in [5.41, 5.74) is 1.63. The number of carbonyl (C=O) groups excluding carboxylic acids is 2. The second kappa shape index (κ2) is 8.46. The molecule has 2 N–H and O–H groups in total. The fourth-order valence-corrected chi connectivity index (χ4v) is 3.20. The van der Waals surface area contributed by atoms with E-state index in [2.05, 4.69) is 10.6 Å². The Morgan fingerprint density at radius 3 is 2.16 bits per heavy atom. The molecule has 7 nitrogen and oxygen atoms in total. The van der Waals surface area contributed by atoms with Crippen LogP contribution in [0.3, 0.4) is 0 Å². The zero-order valence-corrected chi connectivity index (χ0v) is 16.2. The minimum absolute atomic E-state index is 0.159. The zero-order valence-electron chi connectivity index (χ0n) is 16.2. The van der Waals surface area contributed by atoms with Gasteiger partial charge in [0.1, 0.15) is 0 Å². The van der Waals surface area contributed by atoms with Crippen molar-refractivity contribution in [2.75, 3.05) is 10.6 Å². The number of nitrogens with one attached hydrogen (secondary N) is 2. The van der Waals surface area contributed by atoms with Crippen LogP contribution in [-0.4, -0.2) is 16.7 Å². The van der Waals surface area contributed by atoms with Gasteiger partial charge in [0.15, 0.2) is 0 Å². The molecule has 0 aliphatic heterocycles. The molecule has 0 saturated heterocycles. The number of rotatable bonds is 5. The second-order valence-electron chi connectivity index (χ2n) is 6.82. The van der Waals surface area contributed by atoms with Gasteiger partial charge in [-0.05, 0) is 41.8 Å². The monoisotopic (exact) mass is 411 g/mol. The van der Waals surface area contributed by atoms with Crippen LogP contribution >= 0.6 is 0 Å². The Hall–Kier alpha value is -4.52. The van der Waals surface area contributed by atoms with E-state index in [9.17, 15) is 19.7 Å². The van der Waals surface area contributed by atoms with Crippen molar-refractivity contribution in [2.45, 2.75) is 0 Å². The Morgan fingerprint density at radius 2 is 1.39 bits per heavy atom. The lowest BCUT2D eigenvalue weighted by atomic mass is 10.1. The number of nitro benzene ring substituents is 1. The van der Waals surface area contributed by atoms with Crippen molar-refractivity contribution >= 4 is 39.6 Å². The Morgan fingerprint density at radius 1 is 0.710 bits per heavy atom. The van der Waals surface area contributed by atoms with Crippen molar-refractivity contribution in [3.05, 3.63) is 112 Å². The number of carbonyl (C=O) groups is 2. The number of fused-ring (bicyclic) bond motifs is 1. The summed E-state index contributed by atoms with van der Waals surface area (Å²) in [5.74, 6) is -0.746. The van der Waals surface area contributed by atoms with Crippen molar-refractivity contribution in [3.63, 3.8) is 0 Å². The molecule has 0 spiro atoms. The third-order valence-corrected chi connectivity index (χ3v) is 4.76. The number of hydrogen-bond donors (Lipinski definition) is 2. The van der Waals surface area contributed by atoms with Gasteiger partial charge in [0.2, 0.25) is 0 Å². The SMILES string of the molecule is O=C(Nc1ccc(C(=O)Nc2cccc3ccccc23)cc1)c1cccc([N+](=O)[O-])c1. The summed E-state index contributed by atoms with van der Waals surface area (Å²) in [5, 5.41) is 18.4. The highest BCUT2D eigenvalue weighted by Gasteiger charge is 2.13. The Kier molecular flexibility index (Phi) is 5.40. The first-order valence-corrected chi connectivity index (χ1v) is 9.46. The molecule has 4 aromatic carbocycles. The summed E-state index contributed by atoms with van der Waals surface area (Å²) in [7, 11) is 0. The van der Waals surface area contributed by atoms with Crippen molar-refractivity contribution < 1.29 is 14.5 Å². The lowest BCUT2D eigenvalue weighted by molar-refractivity contribution is -0.384. The third-order valence-electron chi connectivity index (χ3n) is 4.76. The quantitative estimate of drug-likeness (QED) is 0.346. The first-order chi connectivity index (χ1) is 15.0. The zero-order chi connectivity index (χ0) is 21.8. The summed E-state index contributed by atoms with van der Waals surface area (Å²) >= 11 is 0. The van der Waals surface area contributed by atoms with Crippen LogP contribution in [0, 0.1) is 10.1 Å². The second-order valence-corrected chi connectivity index (χ2v) is 6.82. The Bertz CT molecular complexity index is 1290. The van der Waals surface area contributed by atoms with Gasteiger partial charge in [0.25, 0.3) is 17.5 Å². The minimum atomic E-state index is -0.555. The average molecular weight is 411 g/mol. The lowest BCUT2D eigenvalue weighted by Crippen LogP contribution is -2.14. The number of non-ortho nitro benzene ring substituents is 1. The first-order valence-electron chi connectivity index (χ1n) is 9.46. The predicted octanol–water partition coefficient (Wildman–Crippen LogP) is 5.25. The van der Waals surface area contributed by atoms with Crippen molar-refractivity contribution in [3.8, 4) is 0 Å². The van der Waals surface area contributed by atoms with E-state index in [-0.39, 0.29) is 17.2 Å². The molecule has 0 bridgehead atoms. The van der Waals surface area contributed by atoms with Crippen LogP contribution in [0.5, 0.6) is 0 Å². The maximum Gasteiger partial charge on any atom is 0.270 e. The molecule has 152 valence electrons. The van der Waals surface area contributed by atoms with Crippen molar-refractivity contribution in [1.29, 1.82) is 0 Å². The Labute approximate surface area is 177 Å². The van der Waals surface area contributed by atoms with E-state index in [1.165, 1.54) is 24.3 Å². The van der Waals surface area contributed by atoms with Gasteiger partial charge in [0.05, 0.1) is 4.92 Å². The molecule has 0 aromatic heterocycles. The van der Waals surface area contributed by atoms with Crippen LogP contribution in [0.4, 0.5) is 17.1 Å². The molecule has 0 fully saturated rings. The van der Waals surface area contributed by atoms with Crippen LogP contribution in [0.15, 0.2) is 91.0 Å².